The molecule has 1 N–H and O–H groups in total. The number of carbonyl (C=O) groups excluding carboxylic acids is 1. The van der Waals surface area contributed by atoms with Crippen LogP contribution in [0.4, 0.5) is 0 Å². The van der Waals surface area contributed by atoms with E-state index in [4.69, 9.17) is 4.74 Å². The van der Waals surface area contributed by atoms with Crippen molar-refractivity contribution in [3.63, 3.8) is 0 Å². The van der Waals surface area contributed by atoms with Crippen LogP contribution in [0.15, 0.2) is 77.7 Å². The Morgan fingerprint density at radius 2 is 1.60 bits per heavy atom. The second-order valence-electron chi connectivity index (χ2n) is 7.31. The van der Waals surface area contributed by atoms with Gasteiger partial charge in [0.2, 0.25) is 15.9 Å². The summed E-state index contributed by atoms with van der Waals surface area (Å²) in [5.41, 5.74) is 0.894. The second-order valence-corrected chi connectivity index (χ2v) is 9.02. The van der Waals surface area contributed by atoms with Gasteiger partial charge < -0.3 is 9.64 Å². The Balaban J connectivity index is 1.62. The van der Waals surface area contributed by atoms with Gasteiger partial charge in [0.1, 0.15) is 6.04 Å². The van der Waals surface area contributed by atoms with Gasteiger partial charge >= 0.3 is 0 Å². The molecule has 1 aliphatic heterocycles. The quantitative estimate of drug-likeness (QED) is 0.660. The first-order valence-electron chi connectivity index (χ1n) is 9.94. The molecule has 6 nitrogen and oxygen atoms in total. The van der Waals surface area contributed by atoms with Gasteiger partial charge in [-0.3, -0.25) is 4.79 Å². The van der Waals surface area contributed by atoms with E-state index in [9.17, 15) is 13.2 Å². The number of hydrogen-bond acceptors (Lipinski definition) is 4. The van der Waals surface area contributed by atoms with Crippen molar-refractivity contribution in [1.29, 1.82) is 0 Å². The van der Waals surface area contributed by atoms with Crippen molar-refractivity contribution in [2.45, 2.75) is 17.4 Å². The predicted octanol–water partition coefficient (Wildman–Crippen LogP) is 2.59. The highest BCUT2D eigenvalue weighted by Gasteiger charge is 2.30. The summed E-state index contributed by atoms with van der Waals surface area (Å²) < 4.78 is 34.3. The number of fused-ring (bicyclic) bond motifs is 1. The van der Waals surface area contributed by atoms with Crippen molar-refractivity contribution in [2.75, 3.05) is 26.3 Å². The predicted molar refractivity (Wildman–Crippen MR) is 116 cm³/mol. The molecule has 7 heteroatoms. The monoisotopic (exact) mass is 424 g/mol. The van der Waals surface area contributed by atoms with Gasteiger partial charge in [0.25, 0.3) is 0 Å². The van der Waals surface area contributed by atoms with Gasteiger partial charge in [-0.05, 0) is 34.9 Å². The lowest BCUT2D eigenvalue weighted by atomic mass is 10.1. The van der Waals surface area contributed by atoms with E-state index >= 15 is 0 Å². The van der Waals surface area contributed by atoms with E-state index in [2.05, 4.69) is 4.72 Å². The number of nitrogens with zero attached hydrogens (tertiary/aromatic N) is 1. The number of ether oxygens (including phenoxy) is 1. The third-order valence-electron chi connectivity index (χ3n) is 5.23. The van der Waals surface area contributed by atoms with Crippen molar-refractivity contribution in [1.82, 2.24) is 9.62 Å². The Morgan fingerprint density at radius 3 is 2.33 bits per heavy atom. The first-order valence-corrected chi connectivity index (χ1v) is 11.4. The molecule has 30 heavy (non-hydrogen) atoms. The maximum atomic E-state index is 13.2. The fourth-order valence-corrected chi connectivity index (χ4v) is 4.85. The summed E-state index contributed by atoms with van der Waals surface area (Å²) in [5.74, 6) is -0.230. The average Bonchev–Trinajstić information content (AvgIpc) is 2.79. The summed E-state index contributed by atoms with van der Waals surface area (Å²) in [6, 6.07) is 21.1. The summed E-state index contributed by atoms with van der Waals surface area (Å²) in [6.07, 6.45) is 0.282. The van der Waals surface area contributed by atoms with Gasteiger partial charge in [0.15, 0.2) is 0 Å². The van der Waals surface area contributed by atoms with Crippen LogP contribution in [0.5, 0.6) is 0 Å². The number of carbonyl (C=O) groups is 1. The van der Waals surface area contributed by atoms with Gasteiger partial charge in [-0.1, -0.05) is 60.7 Å². The zero-order chi connectivity index (χ0) is 21.0. The number of morpholine rings is 1. The molecule has 3 aromatic carbocycles. The van der Waals surface area contributed by atoms with Crippen LogP contribution >= 0.6 is 0 Å². The minimum absolute atomic E-state index is 0.147. The number of sulfonamides is 1. The molecule has 1 heterocycles. The van der Waals surface area contributed by atoms with Crippen LogP contribution in [0.1, 0.15) is 5.56 Å². The van der Waals surface area contributed by atoms with Crippen molar-refractivity contribution in [2.24, 2.45) is 0 Å². The molecule has 0 bridgehead atoms. The van der Waals surface area contributed by atoms with Crippen LogP contribution < -0.4 is 4.72 Å². The first kappa shape index (κ1) is 20.5. The van der Waals surface area contributed by atoms with Crippen LogP contribution in [0.3, 0.4) is 0 Å². The number of benzene rings is 3. The molecular formula is C23H24N2O4S. The lowest BCUT2D eigenvalue weighted by Gasteiger charge is -2.30. The van der Waals surface area contributed by atoms with Crippen molar-refractivity contribution < 1.29 is 17.9 Å². The highest BCUT2D eigenvalue weighted by Crippen LogP contribution is 2.20. The van der Waals surface area contributed by atoms with E-state index in [1.54, 1.807) is 23.1 Å². The van der Waals surface area contributed by atoms with Gasteiger partial charge in [-0.15, -0.1) is 0 Å². The smallest absolute Gasteiger partial charge is 0.241 e. The van der Waals surface area contributed by atoms with Crippen molar-refractivity contribution in [3.8, 4) is 0 Å². The second kappa shape index (κ2) is 8.95. The minimum Gasteiger partial charge on any atom is -0.378 e. The van der Waals surface area contributed by atoms with E-state index in [0.717, 1.165) is 16.3 Å². The Labute approximate surface area is 176 Å². The van der Waals surface area contributed by atoms with E-state index in [0.29, 0.717) is 26.3 Å². The molecule has 0 radical (unpaired) electrons. The van der Waals surface area contributed by atoms with Gasteiger partial charge in [0.05, 0.1) is 18.1 Å². The number of amides is 1. The molecule has 0 unspecified atom stereocenters. The summed E-state index contributed by atoms with van der Waals surface area (Å²) in [4.78, 5) is 15.0. The highest BCUT2D eigenvalue weighted by atomic mass is 32.2. The summed E-state index contributed by atoms with van der Waals surface area (Å²) in [6.45, 7) is 1.84. The number of nitrogens with one attached hydrogen (secondary N) is 1. The molecule has 1 amide bonds. The summed E-state index contributed by atoms with van der Waals surface area (Å²) >= 11 is 0. The molecule has 156 valence electrons. The number of rotatable bonds is 6. The topological polar surface area (TPSA) is 75.7 Å². The zero-order valence-electron chi connectivity index (χ0n) is 16.5. The first-order chi connectivity index (χ1) is 14.5. The Hall–Kier alpha value is -2.74. The van der Waals surface area contributed by atoms with Crippen LogP contribution in [0.2, 0.25) is 0 Å². The Morgan fingerprint density at radius 1 is 0.933 bits per heavy atom. The molecule has 1 saturated heterocycles. The molecule has 4 rings (SSSR count). The molecule has 1 aliphatic rings. The Kier molecular flexibility index (Phi) is 6.13. The molecule has 1 atom stereocenters. The van der Waals surface area contributed by atoms with Crippen LogP contribution in [-0.2, 0) is 26.0 Å². The molecule has 1 fully saturated rings. The largest absolute Gasteiger partial charge is 0.378 e. The Bertz CT molecular complexity index is 1130. The average molecular weight is 425 g/mol. The van der Waals surface area contributed by atoms with E-state index < -0.39 is 16.1 Å². The standard InChI is InChI=1S/C23H24N2O4S/c26-23(25-12-14-29-15-13-25)22(16-18-6-2-1-3-7-18)24-30(27,28)21-11-10-19-8-4-5-9-20(19)17-21/h1-11,17,22,24H,12-16H2/t22-/m0/s1. The highest BCUT2D eigenvalue weighted by molar-refractivity contribution is 7.89. The molecule has 0 aliphatic carbocycles. The van der Waals surface area contributed by atoms with E-state index in [1.165, 1.54) is 0 Å². The maximum absolute atomic E-state index is 13.2. The van der Waals surface area contributed by atoms with Crippen LogP contribution in [0.25, 0.3) is 10.8 Å². The molecule has 0 aromatic heterocycles. The lowest BCUT2D eigenvalue weighted by Crippen LogP contribution is -2.52. The van der Waals surface area contributed by atoms with Crippen molar-refractivity contribution >= 4 is 26.7 Å². The third-order valence-corrected chi connectivity index (χ3v) is 6.70. The maximum Gasteiger partial charge on any atom is 0.241 e. The zero-order valence-corrected chi connectivity index (χ0v) is 17.3. The number of hydrogen-bond donors (Lipinski definition) is 1. The van der Waals surface area contributed by atoms with Gasteiger partial charge in [-0.25, -0.2) is 8.42 Å². The normalized spacial score (nSPS) is 15.8. The fraction of sp³-hybridized carbons (Fsp3) is 0.261. The van der Waals surface area contributed by atoms with E-state index in [-0.39, 0.29) is 17.2 Å². The van der Waals surface area contributed by atoms with Crippen LogP contribution in [0, 0.1) is 0 Å². The van der Waals surface area contributed by atoms with Crippen molar-refractivity contribution in [3.05, 3.63) is 78.4 Å². The van der Waals surface area contributed by atoms with Crippen LogP contribution in [-0.4, -0.2) is 51.6 Å². The molecule has 0 spiro atoms. The summed E-state index contributed by atoms with van der Waals surface area (Å²) in [5, 5.41) is 1.79. The molecule has 0 saturated carbocycles. The van der Waals surface area contributed by atoms with Gasteiger partial charge in [0, 0.05) is 13.1 Å². The third kappa shape index (κ3) is 4.70. The van der Waals surface area contributed by atoms with E-state index in [1.807, 2.05) is 54.6 Å². The minimum atomic E-state index is -3.88. The van der Waals surface area contributed by atoms with Gasteiger partial charge in [-0.2, -0.15) is 4.72 Å². The fourth-order valence-electron chi connectivity index (χ4n) is 3.62. The molecule has 3 aromatic rings. The molecular weight excluding hydrogens is 400 g/mol. The SMILES string of the molecule is O=C([C@H](Cc1ccccc1)NS(=O)(=O)c1ccc2ccccc2c1)N1CCOCC1. The summed E-state index contributed by atoms with van der Waals surface area (Å²) in [7, 11) is -3.88. The lowest BCUT2D eigenvalue weighted by molar-refractivity contribution is -0.137.